The average Bonchev–Trinajstić information content (AvgIpc) is 2.23. The van der Waals surface area contributed by atoms with Crippen LogP contribution in [0.3, 0.4) is 0 Å². The Labute approximate surface area is 98.6 Å². The molecule has 0 heterocycles. The Bertz CT molecular complexity index is 230. The Kier molecular flexibility index (Phi) is 5.42. The van der Waals surface area contributed by atoms with E-state index in [1.54, 1.807) is 0 Å². The summed E-state index contributed by atoms with van der Waals surface area (Å²) < 4.78 is 0. The maximum atomic E-state index is 11.7. The van der Waals surface area contributed by atoms with E-state index in [0.717, 1.165) is 0 Å². The first-order valence-electron chi connectivity index (χ1n) is 5.92. The minimum atomic E-state index is -0.812. The molecule has 0 aliphatic heterocycles. The van der Waals surface area contributed by atoms with E-state index in [1.165, 1.54) is 0 Å². The van der Waals surface area contributed by atoms with Crippen LogP contribution in [0, 0.1) is 5.41 Å². The SMILES string of the molecule is CCC(O)(CC)CNC(=O)[C@H](N)C(C)(C)C. The molecule has 16 heavy (non-hydrogen) atoms. The number of nitrogens with two attached hydrogens (primary N) is 1. The molecule has 0 unspecified atom stereocenters. The monoisotopic (exact) mass is 230 g/mol. The van der Waals surface area contributed by atoms with Crippen molar-refractivity contribution in [3.63, 3.8) is 0 Å². The first-order chi connectivity index (χ1) is 7.16. The highest BCUT2D eigenvalue weighted by Gasteiger charge is 2.29. The fraction of sp³-hybridized carbons (Fsp3) is 0.917. The second-order valence-electron chi connectivity index (χ2n) is 5.49. The molecule has 0 aromatic rings. The molecule has 4 nitrogen and oxygen atoms in total. The van der Waals surface area contributed by atoms with Crippen molar-refractivity contribution in [2.45, 2.75) is 59.1 Å². The third-order valence-electron chi connectivity index (χ3n) is 3.12. The maximum absolute atomic E-state index is 11.7. The Morgan fingerprint density at radius 3 is 2.06 bits per heavy atom. The van der Waals surface area contributed by atoms with Gasteiger partial charge in [-0.1, -0.05) is 34.6 Å². The highest BCUT2D eigenvalue weighted by Crippen LogP contribution is 2.18. The lowest BCUT2D eigenvalue weighted by molar-refractivity contribution is -0.125. The second-order valence-corrected chi connectivity index (χ2v) is 5.49. The smallest absolute Gasteiger partial charge is 0.237 e. The van der Waals surface area contributed by atoms with Crippen molar-refractivity contribution in [3.05, 3.63) is 0 Å². The lowest BCUT2D eigenvalue weighted by Crippen LogP contribution is -2.52. The average molecular weight is 230 g/mol. The van der Waals surface area contributed by atoms with Crippen molar-refractivity contribution in [1.29, 1.82) is 0 Å². The van der Waals surface area contributed by atoms with Crippen LogP contribution in [0.15, 0.2) is 0 Å². The van der Waals surface area contributed by atoms with E-state index in [4.69, 9.17) is 5.73 Å². The predicted molar refractivity (Wildman–Crippen MR) is 66.0 cm³/mol. The van der Waals surface area contributed by atoms with Gasteiger partial charge in [0.25, 0.3) is 0 Å². The molecule has 0 aromatic heterocycles. The number of carbonyl (C=O) groups excluding carboxylic acids is 1. The van der Waals surface area contributed by atoms with Crippen LogP contribution >= 0.6 is 0 Å². The summed E-state index contributed by atoms with van der Waals surface area (Å²) in [6, 6.07) is -0.550. The lowest BCUT2D eigenvalue weighted by Gasteiger charge is -2.29. The fourth-order valence-corrected chi connectivity index (χ4v) is 1.25. The molecule has 0 saturated carbocycles. The molecule has 96 valence electrons. The molecule has 0 fully saturated rings. The summed E-state index contributed by atoms with van der Waals surface area (Å²) in [7, 11) is 0. The Morgan fingerprint density at radius 1 is 1.31 bits per heavy atom. The van der Waals surface area contributed by atoms with Gasteiger partial charge in [0.05, 0.1) is 11.6 Å². The summed E-state index contributed by atoms with van der Waals surface area (Å²) in [5.74, 6) is -0.201. The van der Waals surface area contributed by atoms with Gasteiger partial charge in [-0.2, -0.15) is 0 Å². The van der Waals surface area contributed by atoms with Gasteiger partial charge < -0.3 is 16.2 Å². The molecule has 0 spiro atoms. The van der Waals surface area contributed by atoms with Crippen molar-refractivity contribution in [2.24, 2.45) is 11.1 Å². The van der Waals surface area contributed by atoms with E-state index in [9.17, 15) is 9.90 Å². The molecule has 0 aliphatic carbocycles. The van der Waals surface area contributed by atoms with Crippen LogP contribution in [0.5, 0.6) is 0 Å². The number of carbonyl (C=O) groups is 1. The van der Waals surface area contributed by atoms with Gasteiger partial charge in [-0.25, -0.2) is 0 Å². The number of hydrogen-bond donors (Lipinski definition) is 3. The van der Waals surface area contributed by atoms with Crippen molar-refractivity contribution in [2.75, 3.05) is 6.54 Å². The normalized spacial score (nSPS) is 14.7. The topological polar surface area (TPSA) is 75.3 Å². The fourth-order valence-electron chi connectivity index (χ4n) is 1.25. The molecule has 4 N–H and O–H groups in total. The summed E-state index contributed by atoms with van der Waals surface area (Å²) in [5.41, 5.74) is 4.74. The second kappa shape index (κ2) is 5.64. The van der Waals surface area contributed by atoms with Gasteiger partial charge in [0, 0.05) is 6.54 Å². The van der Waals surface area contributed by atoms with Crippen LogP contribution in [0.1, 0.15) is 47.5 Å². The van der Waals surface area contributed by atoms with Crippen LogP contribution in [0.4, 0.5) is 0 Å². The van der Waals surface area contributed by atoms with Gasteiger partial charge >= 0.3 is 0 Å². The molecule has 1 amide bonds. The number of nitrogens with one attached hydrogen (secondary N) is 1. The molecular formula is C12H26N2O2. The van der Waals surface area contributed by atoms with E-state index in [1.807, 2.05) is 34.6 Å². The molecule has 4 heteroatoms. The summed E-state index contributed by atoms with van der Waals surface area (Å²) in [4.78, 5) is 11.7. The zero-order chi connectivity index (χ0) is 13.0. The van der Waals surface area contributed by atoms with Crippen LogP contribution in [-0.4, -0.2) is 29.2 Å². The van der Waals surface area contributed by atoms with Crippen LogP contribution in [-0.2, 0) is 4.79 Å². The summed E-state index contributed by atoms with van der Waals surface area (Å²) in [6.07, 6.45) is 1.24. The van der Waals surface area contributed by atoms with Crippen molar-refractivity contribution < 1.29 is 9.90 Å². The molecule has 1 atom stereocenters. The molecule has 0 rings (SSSR count). The zero-order valence-electron chi connectivity index (χ0n) is 11.1. The Morgan fingerprint density at radius 2 is 1.75 bits per heavy atom. The van der Waals surface area contributed by atoms with Gasteiger partial charge in [-0.15, -0.1) is 0 Å². The molecule has 0 bridgehead atoms. The van der Waals surface area contributed by atoms with Crippen molar-refractivity contribution >= 4 is 5.91 Å². The van der Waals surface area contributed by atoms with Crippen molar-refractivity contribution in [1.82, 2.24) is 5.32 Å². The number of aliphatic hydroxyl groups is 1. The lowest BCUT2D eigenvalue weighted by atomic mass is 9.86. The van der Waals surface area contributed by atoms with Crippen LogP contribution < -0.4 is 11.1 Å². The first-order valence-corrected chi connectivity index (χ1v) is 5.92. The van der Waals surface area contributed by atoms with E-state index >= 15 is 0 Å². The molecule has 0 aromatic carbocycles. The zero-order valence-corrected chi connectivity index (χ0v) is 11.1. The predicted octanol–water partition coefficient (Wildman–Crippen LogP) is 1.03. The molecular weight excluding hydrogens is 204 g/mol. The highest BCUT2D eigenvalue weighted by molar-refractivity contribution is 5.82. The van der Waals surface area contributed by atoms with Gasteiger partial charge in [-0.3, -0.25) is 4.79 Å². The minimum absolute atomic E-state index is 0.201. The molecule has 0 saturated heterocycles. The molecule has 0 radical (unpaired) electrons. The Hall–Kier alpha value is -0.610. The van der Waals surface area contributed by atoms with Crippen molar-refractivity contribution in [3.8, 4) is 0 Å². The van der Waals surface area contributed by atoms with Gasteiger partial charge in [0.15, 0.2) is 0 Å². The standard InChI is InChI=1S/C12H26N2O2/c1-6-12(16,7-2)8-14-10(15)9(13)11(3,4)5/h9,16H,6-8,13H2,1-5H3,(H,14,15)/t9-/m0/s1. The highest BCUT2D eigenvalue weighted by atomic mass is 16.3. The number of rotatable bonds is 5. The minimum Gasteiger partial charge on any atom is -0.388 e. The Balaban J connectivity index is 4.28. The van der Waals surface area contributed by atoms with Crippen LogP contribution in [0.2, 0.25) is 0 Å². The quantitative estimate of drug-likeness (QED) is 0.660. The largest absolute Gasteiger partial charge is 0.388 e. The van der Waals surface area contributed by atoms with Gasteiger partial charge in [-0.05, 0) is 18.3 Å². The van der Waals surface area contributed by atoms with Gasteiger partial charge in [0.2, 0.25) is 5.91 Å². The third kappa shape index (κ3) is 4.49. The van der Waals surface area contributed by atoms with E-state index < -0.39 is 11.6 Å². The first kappa shape index (κ1) is 15.4. The number of amides is 1. The maximum Gasteiger partial charge on any atom is 0.237 e. The van der Waals surface area contributed by atoms with Crippen LogP contribution in [0.25, 0.3) is 0 Å². The van der Waals surface area contributed by atoms with E-state index in [-0.39, 0.29) is 17.9 Å². The summed E-state index contributed by atoms with van der Waals surface area (Å²) >= 11 is 0. The van der Waals surface area contributed by atoms with E-state index in [0.29, 0.717) is 12.8 Å². The summed E-state index contributed by atoms with van der Waals surface area (Å²) in [6.45, 7) is 9.83. The summed E-state index contributed by atoms with van der Waals surface area (Å²) in [5, 5.41) is 12.7. The van der Waals surface area contributed by atoms with E-state index in [2.05, 4.69) is 5.32 Å². The third-order valence-corrected chi connectivity index (χ3v) is 3.12. The molecule has 0 aliphatic rings. The number of hydrogen-bond acceptors (Lipinski definition) is 3. The van der Waals surface area contributed by atoms with Gasteiger partial charge in [0.1, 0.15) is 0 Å².